The van der Waals surface area contributed by atoms with Gasteiger partial charge >= 0.3 is 5.97 Å². The molecule has 0 spiro atoms. The van der Waals surface area contributed by atoms with Crippen LogP contribution < -0.4 is 5.32 Å². The van der Waals surface area contributed by atoms with Crippen LogP contribution in [0.4, 0.5) is 0 Å². The summed E-state index contributed by atoms with van der Waals surface area (Å²) in [4.78, 5) is 35.9. The molecule has 2 aromatic rings. The average Bonchev–Trinajstić information content (AvgIpc) is 3.07. The summed E-state index contributed by atoms with van der Waals surface area (Å²) in [6, 6.07) is 5.96. The normalized spacial score (nSPS) is 12.8. The first-order chi connectivity index (χ1) is 13.1. The molecule has 144 valence electrons. The fourth-order valence-corrected chi connectivity index (χ4v) is 3.69. The summed E-state index contributed by atoms with van der Waals surface area (Å²) in [6.45, 7) is 1.35. The summed E-state index contributed by atoms with van der Waals surface area (Å²) in [5.41, 5.74) is 2.82. The lowest BCUT2D eigenvalue weighted by Gasteiger charge is -2.14. The van der Waals surface area contributed by atoms with Crippen molar-refractivity contribution >= 4 is 28.6 Å². The molecule has 1 aliphatic rings. The van der Waals surface area contributed by atoms with Crippen LogP contribution in [0.25, 0.3) is 10.9 Å². The van der Waals surface area contributed by atoms with Crippen molar-refractivity contribution in [3.8, 4) is 0 Å². The Labute approximate surface area is 158 Å². The number of benzene rings is 1. The molecule has 27 heavy (non-hydrogen) atoms. The van der Waals surface area contributed by atoms with E-state index in [0.717, 1.165) is 56.0 Å². The number of unbranched alkanes of at least 4 members (excludes halogenated alkanes) is 3. The zero-order chi connectivity index (χ0) is 19.2. The molecule has 1 aliphatic heterocycles. The van der Waals surface area contributed by atoms with Crippen molar-refractivity contribution in [2.75, 3.05) is 13.7 Å². The Hall–Kier alpha value is -2.63. The van der Waals surface area contributed by atoms with Crippen LogP contribution in [0.15, 0.2) is 24.4 Å². The van der Waals surface area contributed by atoms with Gasteiger partial charge in [0.15, 0.2) is 0 Å². The minimum Gasteiger partial charge on any atom is -0.469 e. The van der Waals surface area contributed by atoms with E-state index in [4.69, 9.17) is 0 Å². The highest BCUT2D eigenvalue weighted by atomic mass is 16.5. The van der Waals surface area contributed by atoms with E-state index in [-0.39, 0.29) is 5.97 Å². The van der Waals surface area contributed by atoms with Gasteiger partial charge in [-0.3, -0.25) is 14.4 Å². The van der Waals surface area contributed by atoms with Crippen molar-refractivity contribution in [2.24, 2.45) is 0 Å². The zero-order valence-electron chi connectivity index (χ0n) is 15.8. The number of amides is 1. The van der Waals surface area contributed by atoms with E-state index in [1.165, 1.54) is 12.7 Å². The van der Waals surface area contributed by atoms with Crippen molar-refractivity contribution in [2.45, 2.75) is 51.5 Å². The van der Waals surface area contributed by atoms with Crippen LogP contribution in [0.1, 0.15) is 54.4 Å². The van der Waals surface area contributed by atoms with Gasteiger partial charge in [0, 0.05) is 31.1 Å². The Morgan fingerprint density at radius 1 is 1.15 bits per heavy atom. The topological polar surface area (TPSA) is 77.4 Å². The van der Waals surface area contributed by atoms with Gasteiger partial charge < -0.3 is 14.6 Å². The summed E-state index contributed by atoms with van der Waals surface area (Å²) < 4.78 is 6.69. The molecule has 0 atom stereocenters. The average molecular weight is 370 g/mol. The summed E-state index contributed by atoms with van der Waals surface area (Å²) in [6.07, 6.45) is 7.67. The van der Waals surface area contributed by atoms with Crippen LogP contribution in [-0.4, -0.2) is 35.9 Å². The highest BCUT2D eigenvalue weighted by Crippen LogP contribution is 2.29. The standard InChI is InChI=1S/C21H26N2O4/c1-27-18(24)11-4-2-3-5-12-22-21(26)20(25)17-14-23-13-7-9-15-8-6-10-16(17)19(15)23/h6,8,10,14H,2-5,7,9,11-13H2,1H3,(H,22,26). The van der Waals surface area contributed by atoms with Gasteiger partial charge in [0.2, 0.25) is 0 Å². The molecule has 6 nitrogen and oxygen atoms in total. The molecule has 3 rings (SSSR count). The Morgan fingerprint density at radius 3 is 2.78 bits per heavy atom. The summed E-state index contributed by atoms with van der Waals surface area (Å²) in [7, 11) is 1.39. The number of aromatic nitrogens is 1. The van der Waals surface area contributed by atoms with Crippen molar-refractivity contribution in [3.63, 3.8) is 0 Å². The number of rotatable bonds is 9. The smallest absolute Gasteiger partial charge is 0.305 e. The third-order valence-corrected chi connectivity index (χ3v) is 5.10. The molecule has 2 heterocycles. The summed E-state index contributed by atoms with van der Waals surface area (Å²) in [5, 5.41) is 3.60. The van der Waals surface area contributed by atoms with E-state index in [1.54, 1.807) is 0 Å². The minimum atomic E-state index is -0.548. The maximum Gasteiger partial charge on any atom is 0.305 e. The second-order valence-corrected chi connectivity index (χ2v) is 6.98. The molecule has 0 fully saturated rings. The molecule has 0 bridgehead atoms. The molecule has 0 saturated carbocycles. The molecular weight excluding hydrogens is 344 g/mol. The van der Waals surface area contributed by atoms with Gasteiger partial charge in [0.05, 0.1) is 18.2 Å². The Balaban J connectivity index is 1.50. The number of aryl methyl sites for hydroxylation is 2. The monoisotopic (exact) mass is 370 g/mol. The van der Waals surface area contributed by atoms with Crippen LogP contribution >= 0.6 is 0 Å². The van der Waals surface area contributed by atoms with Crippen LogP contribution in [0.3, 0.4) is 0 Å². The van der Waals surface area contributed by atoms with Crippen molar-refractivity contribution < 1.29 is 19.1 Å². The van der Waals surface area contributed by atoms with Crippen molar-refractivity contribution in [1.82, 2.24) is 9.88 Å². The van der Waals surface area contributed by atoms with Crippen molar-refractivity contribution in [1.29, 1.82) is 0 Å². The molecule has 0 aliphatic carbocycles. The van der Waals surface area contributed by atoms with Gasteiger partial charge in [-0.05, 0) is 31.2 Å². The van der Waals surface area contributed by atoms with Gasteiger partial charge in [0.25, 0.3) is 11.7 Å². The number of Topliss-reactive ketones (excluding diaryl/α,β-unsaturated/α-hetero) is 1. The molecule has 0 radical (unpaired) electrons. The van der Waals surface area contributed by atoms with Crippen LogP contribution in [0.2, 0.25) is 0 Å². The highest BCUT2D eigenvalue weighted by Gasteiger charge is 2.23. The lowest BCUT2D eigenvalue weighted by Crippen LogP contribution is -2.31. The number of esters is 1. The van der Waals surface area contributed by atoms with E-state index in [9.17, 15) is 14.4 Å². The second-order valence-electron chi connectivity index (χ2n) is 6.98. The number of hydrogen-bond acceptors (Lipinski definition) is 4. The van der Waals surface area contributed by atoms with Crippen molar-refractivity contribution in [3.05, 3.63) is 35.5 Å². The van der Waals surface area contributed by atoms with Gasteiger partial charge in [-0.15, -0.1) is 0 Å². The number of para-hydroxylation sites is 1. The Morgan fingerprint density at radius 2 is 1.96 bits per heavy atom. The number of carbonyl (C=O) groups excluding carboxylic acids is 3. The SMILES string of the molecule is COC(=O)CCCCCCNC(=O)C(=O)c1cn2c3c(cccc13)CCC2. The van der Waals surface area contributed by atoms with E-state index < -0.39 is 11.7 Å². The molecule has 6 heteroatoms. The molecule has 0 saturated heterocycles. The molecule has 1 amide bonds. The molecule has 1 aromatic heterocycles. The number of carbonyl (C=O) groups is 3. The predicted molar refractivity (Wildman–Crippen MR) is 103 cm³/mol. The van der Waals surface area contributed by atoms with Gasteiger partial charge in [-0.2, -0.15) is 0 Å². The largest absolute Gasteiger partial charge is 0.469 e. The summed E-state index contributed by atoms with van der Waals surface area (Å²) in [5.74, 6) is -1.21. The fraction of sp³-hybridized carbons (Fsp3) is 0.476. The van der Waals surface area contributed by atoms with E-state index in [1.807, 2.05) is 18.3 Å². The minimum absolute atomic E-state index is 0.194. The number of hydrogen-bond donors (Lipinski definition) is 1. The third-order valence-electron chi connectivity index (χ3n) is 5.10. The first-order valence-corrected chi connectivity index (χ1v) is 9.62. The number of ketones is 1. The third kappa shape index (κ3) is 4.38. The maximum atomic E-state index is 12.6. The molecule has 1 aromatic carbocycles. The lowest BCUT2D eigenvalue weighted by atomic mass is 10.0. The van der Waals surface area contributed by atoms with Crippen LogP contribution in [0.5, 0.6) is 0 Å². The number of methoxy groups -OCH3 is 1. The Kier molecular flexibility index (Phi) is 6.27. The molecule has 1 N–H and O–H groups in total. The zero-order valence-corrected chi connectivity index (χ0v) is 15.8. The molecule has 0 unspecified atom stereocenters. The van der Waals surface area contributed by atoms with Crippen LogP contribution in [0, 0.1) is 0 Å². The lowest BCUT2D eigenvalue weighted by molar-refractivity contribution is -0.140. The second kappa shape index (κ2) is 8.84. The molecular formula is C21H26N2O4. The van der Waals surface area contributed by atoms with Gasteiger partial charge in [-0.1, -0.05) is 31.0 Å². The van der Waals surface area contributed by atoms with E-state index in [0.29, 0.717) is 18.5 Å². The fourth-order valence-electron chi connectivity index (χ4n) is 3.69. The highest BCUT2D eigenvalue weighted by molar-refractivity contribution is 6.45. The maximum absolute atomic E-state index is 12.6. The number of nitrogens with zero attached hydrogens (tertiary/aromatic N) is 1. The Bertz CT molecular complexity index is 853. The first kappa shape index (κ1) is 19.1. The van der Waals surface area contributed by atoms with Crippen LogP contribution in [-0.2, 0) is 27.3 Å². The first-order valence-electron chi connectivity index (χ1n) is 9.62. The van der Waals surface area contributed by atoms with Gasteiger partial charge in [0.1, 0.15) is 0 Å². The van der Waals surface area contributed by atoms with E-state index >= 15 is 0 Å². The van der Waals surface area contributed by atoms with E-state index in [2.05, 4.69) is 20.7 Å². The number of ether oxygens (including phenoxy) is 1. The quantitative estimate of drug-likeness (QED) is 0.319. The summed E-state index contributed by atoms with van der Waals surface area (Å²) >= 11 is 0. The van der Waals surface area contributed by atoms with Gasteiger partial charge in [-0.25, -0.2) is 0 Å². The predicted octanol–water partition coefficient (Wildman–Crippen LogP) is 3.01. The number of nitrogens with one attached hydrogen (secondary N) is 1.